The number of fused-ring (bicyclic) bond motifs is 5. The molecule has 0 aliphatic heterocycles. The summed E-state index contributed by atoms with van der Waals surface area (Å²) in [7, 11) is 1.00. The third-order valence-electron chi connectivity index (χ3n) is 4.12. The van der Waals surface area contributed by atoms with Crippen LogP contribution in [0.5, 0.6) is 0 Å². The van der Waals surface area contributed by atoms with Crippen LogP contribution in [0, 0.1) is 6.92 Å². The molecule has 0 unspecified atom stereocenters. The summed E-state index contributed by atoms with van der Waals surface area (Å²) >= 11 is 0. The standard InChI is InChI=1S/C19H15N.CH4O/c1-3-14-12(2)8-10-16-18(14)19-15-7-5-4-6-13(15)9-11-17(19)20-16;1-2/h3-11,20H,1H2,2H3;2H,1H3. The minimum absolute atomic E-state index is 1.00. The highest BCUT2D eigenvalue weighted by molar-refractivity contribution is 6.22. The predicted molar refractivity (Wildman–Crippen MR) is 96.3 cm³/mol. The molecule has 110 valence electrons. The van der Waals surface area contributed by atoms with Gasteiger partial charge in [-0.2, -0.15) is 0 Å². The Bertz CT molecular complexity index is 979. The van der Waals surface area contributed by atoms with Crippen LogP contribution in [0.3, 0.4) is 0 Å². The van der Waals surface area contributed by atoms with Crippen LogP contribution >= 0.6 is 0 Å². The summed E-state index contributed by atoms with van der Waals surface area (Å²) in [5.74, 6) is 0. The smallest absolute Gasteiger partial charge is 0.0471 e. The van der Waals surface area contributed by atoms with Gasteiger partial charge in [0.25, 0.3) is 0 Å². The van der Waals surface area contributed by atoms with Crippen molar-refractivity contribution in [2.24, 2.45) is 0 Å². The molecule has 0 bridgehead atoms. The zero-order valence-electron chi connectivity index (χ0n) is 12.9. The van der Waals surface area contributed by atoms with Crippen molar-refractivity contribution in [3.8, 4) is 0 Å². The molecule has 0 spiro atoms. The highest BCUT2D eigenvalue weighted by Crippen LogP contribution is 2.35. The number of aliphatic hydroxyl groups excluding tert-OH is 1. The van der Waals surface area contributed by atoms with E-state index in [9.17, 15) is 0 Å². The topological polar surface area (TPSA) is 36.0 Å². The first-order valence-corrected chi connectivity index (χ1v) is 7.29. The molecule has 0 radical (unpaired) electrons. The fourth-order valence-electron chi connectivity index (χ4n) is 3.15. The summed E-state index contributed by atoms with van der Waals surface area (Å²) in [5.41, 5.74) is 4.86. The first-order valence-electron chi connectivity index (χ1n) is 7.29. The van der Waals surface area contributed by atoms with Crippen molar-refractivity contribution in [1.29, 1.82) is 0 Å². The second-order valence-corrected chi connectivity index (χ2v) is 5.26. The van der Waals surface area contributed by atoms with Gasteiger partial charge in [-0.15, -0.1) is 0 Å². The molecule has 3 aromatic carbocycles. The van der Waals surface area contributed by atoms with Crippen molar-refractivity contribution in [3.05, 3.63) is 66.2 Å². The Kier molecular flexibility index (Phi) is 3.70. The molecule has 2 nitrogen and oxygen atoms in total. The maximum atomic E-state index is 7.00. The van der Waals surface area contributed by atoms with Crippen LogP contribution in [-0.4, -0.2) is 17.2 Å². The number of hydrogen-bond donors (Lipinski definition) is 2. The average Bonchev–Trinajstić information content (AvgIpc) is 2.96. The second kappa shape index (κ2) is 5.66. The number of hydrogen-bond acceptors (Lipinski definition) is 1. The van der Waals surface area contributed by atoms with E-state index >= 15 is 0 Å². The molecule has 0 saturated heterocycles. The van der Waals surface area contributed by atoms with E-state index < -0.39 is 0 Å². The molecule has 2 N–H and O–H groups in total. The van der Waals surface area contributed by atoms with Crippen LogP contribution in [0.4, 0.5) is 0 Å². The van der Waals surface area contributed by atoms with Crippen LogP contribution in [0.15, 0.2) is 55.1 Å². The van der Waals surface area contributed by atoms with Crippen molar-refractivity contribution in [2.75, 3.05) is 7.11 Å². The maximum Gasteiger partial charge on any atom is 0.0471 e. The number of H-pyrrole nitrogens is 1. The van der Waals surface area contributed by atoms with Crippen molar-refractivity contribution >= 4 is 38.7 Å². The molecule has 0 saturated carbocycles. The minimum Gasteiger partial charge on any atom is -0.400 e. The van der Waals surface area contributed by atoms with Crippen LogP contribution in [0.25, 0.3) is 38.7 Å². The first kappa shape index (κ1) is 14.4. The number of aromatic amines is 1. The number of rotatable bonds is 1. The molecule has 0 amide bonds. The summed E-state index contributed by atoms with van der Waals surface area (Å²) in [6, 6.07) is 17.2. The normalized spacial score (nSPS) is 10.7. The van der Waals surface area contributed by atoms with Gasteiger partial charge in [0, 0.05) is 28.9 Å². The Balaban J connectivity index is 0.000000693. The van der Waals surface area contributed by atoms with E-state index in [1.54, 1.807) is 0 Å². The molecular weight excluding hydrogens is 270 g/mol. The second-order valence-electron chi connectivity index (χ2n) is 5.26. The molecule has 0 fully saturated rings. The molecule has 4 rings (SSSR count). The van der Waals surface area contributed by atoms with Gasteiger partial charge in [-0.3, -0.25) is 0 Å². The third kappa shape index (κ3) is 2.00. The summed E-state index contributed by atoms with van der Waals surface area (Å²) < 4.78 is 0. The quantitative estimate of drug-likeness (QED) is 0.506. The van der Waals surface area contributed by atoms with Crippen LogP contribution < -0.4 is 0 Å². The van der Waals surface area contributed by atoms with Crippen LogP contribution in [0.2, 0.25) is 0 Å². The van der Waals surface area contributed by atoms with Crippen molar-refractivity contribution in [3.63, 3.8) is 0 Å². The minimum atomic E-state index is 1.00. The van der Waals surface area contributed by atoms with E-state index in [1.165, 1.54) is 43.7 Å². The summed E-state index contributed by atoms with van der Waals surface area (Å²) in [4.78, 5) is 3.52. The molecule has 4 aromatic rings. The Hall–Kier alpha value is -2.58. The fraction of sp³-hybridized carbons (Fsp3) is 0.100. The Labute approximate surface area is 129 Å². The largest absolute Gasteiger partial charge is 0.400 e. The van der Waals surface area contributed by atoms with Gasteiger partial charge in [-0.05, 0) is 41.0 Å². The SMILES string of the molecule is C=Cc1c(C)ccc2[nH]c3ccc4ccccc4c3c12.CO. The Morgan fingerprint density at radius 2 is 1.59 bits per heavy atom. The first-order chi connectivity index (χ1) is 10.8. The third-order valence-corrected chi connectivity index (χ3v) is 4.12. The Morgan fingerprint density at radius 1 is 0.909 bits per heavy atom. The number of nitrogens with one attached hydrogen (secondary N) is 1. The molecule has 0 aliphatic rings. The molecule has 2 heteroatoms. The Morgan fingerprint density at radius 3 is 2.36 bits per heavy atom. The van der Waals surface area contributed by atoms with Gasteiger partial charge in [0.15, 0.2) is 0 Å². The lowest BCUT2D eigenvalue weighted by atomic mass is 9.98. The predicted octanol–water partition coefficient (Wildman–Crippen LogP) is 5.03. The summed E-state index contributed by atoms with van der Waals surface area (Å²) in [6.07, 6.45) is 1.96. The van der Waals surface area contributed by atoms with Gasteiger partial charge in [0.1, 0.15) is 0 Å². The molecular formula is C20H19NO. The van der Waals surface area contributed by atoms with Gasteiger partial charge in [-0.25, -0.2) is 0 Å². The van der Waals surface area contributed by atoms with Crippen molar-refractivity contribution in [2.45, 2.75) is 6.92 Å². The van der Waals surface area contributed by atoms with E-state index in [0.717, 1.165) is 7.11 Å². The van der Waals surface area contributed by atoms with E-state index in [4.69, 9.17) is 5.11 Å². The van der Waals surface area contributed by atoms with Crippen LogP contribution in [0.1, 0.15) is 11.1 Å². The summed E-state index contributed by atoms with van der Waals surface area (Å²) in [5, 5.41) is 12.2. The maximum absolute atomic E-state index is 7.00. The fourth-order valence-corrected chi connectivity index (χ4v) is 3.15. The highest BCUT2D eigenvalue weighted by Gasteiger charge is 2.11. The van der Waals surface area contributed by atoms with Gasteiger partial charge in [-0.1, -0.05) is 49.1 Å². The monoisotopic (exact) mass is 289 g/mol. The summed E-state index contributed by atoms with van der Waals surface area (Å²) in [6.45, 7) is 6.13. The lowest BCUT2D eigenvalue weighted by Gasteiger charge is -2.04. The number of aliphatic hydroxyl groups is 1. The highest BCUT2D eigenvalue weighted by atomic mass is 16.2. The number of benzene rings is 3. The number of aromatic nitrogens is 1. The molecule has 22 heavy (non-hydrogen) atoms. The lowest BCUT2D eigenvalue weighted by Crippen LogP contribution is -1.82. The lowest BCUT2D eigenvalue weighted by molar-refractivity contribution is 0.399. The van der Waals surface area contributed by atoms with Gasteiger partial charge < -0.3 is 10.1 Å². The average molecular weight is 289 g/mol. The van der Waals surface area contributed by atoms with Gasteiger partial charge >= 0.3 is 0 Å². The zero-order valence-corrected chi connectivity index (χ0v) is 12.9. The van der Waals surface area contributed by atoms with Gasteiger partial charge in [0.2, 0.25) is 0 Å². The number of aryl methyl sites for hydroxylation is 1. The van der Waals surface area contributed by atoms with Crippen LogP contribution in [-0.2, 0) is 0 Å². The van der Waals surface area contributed by atoms with Gasteiger partial charge in [0.05, 0.1) is 0 Å². The van der Waals surface area contributed by atoms with E-state index in [1.807, 2.05) is 6.08 Å². The van der Waals surface area contributed by atoms with E-state index in [0.29, 0.717) is 0 Å². The molecule has 1 heterocycles. The van der Waals surface area contributed by atoms with E-state index in [-0.39, 0.29) is 0 Å². The molecule has 1 aromatic heterocycles. The zero-order chi connectivity index (χ0) is 15.7. The van der Waals surface area contributed by atoms with Crippen molar-refractivity contribution < 1.29 is 5.11 Å². The molecule has 0 atom stereocenters. The van der Waals surface area contributed by atoms with E-state index in [2.05, 4.69) is 67.0 Å². The molecule has 0 aliphatic carbocycles. The van der Waals surface area contributed by atoms with Crippen molar-refractivity contribution in [1.82, 2.24) is 4.98 Å².